The Labute approximate surface area is 162 Å². The third-order valence-corrected chi connectivity index (χ3v) is 5.56. The summed E-state index contributed by atoms with van der Waals surface area (Å²) < 4.78 is 30.5. The van der Waals surface area contributed by atoms with Crippen molar-refractivity contribution in [1.29, 1.82) is 0 Å². The SMILES string of the molecule is C=CC[N+](=C[C@@H](Cc1ccccc1)NS(=O)(=O)c1ccc(C)cc1)CC=C. The lowest BCUT2D eigenvalue weighted by atomic mass is 10.1. The molecule has 2 aromatic rings. The first kappa shape index (κ1) is 20.8. The van der Waals surface area contributed by atoms with Gasteiger partial charge in [0.15, 0.2) is 19.3 Å². The molecular weight excluding hydrogens is 356 g/mol. The van der Waals surface area contributed by atoms with Gasteiger partial charge in [-0.25, -0.2) is 13.0 Å². The van der Waals surface area contributed by atoms with Crippen LogP contribution in [-0.2, 0) is 16.4 Å². The highest BCUT2D eigenvalue weighted by molar-refractivity contribution is 7.89. The Morgan fingerprint density at radius 1 is 1.00 bits per heavy atom. The van der Waals surface area contributed by atoms with Crippen LogP contribution in [0.3, 0.4) is 0 Å². The van der Waals surface area contributed by atoms with Crippen LogP contribution in [0.4, 0.5) is 0 Å². The van der Waals surface area contributed by atoms with E-state index in [1.165, 1.54) is 0 Å². The van der Waals surface area contributed by atoms with Crippen LogP contribution in [0.25, 0.3) is 0 Å². The largest absolute Gasteiger partial charge is 0.241 e. The van der Waals surface area contributed by atoms with Crippen LogP contribution in [0.2, 0.25) is 0 Å². The zero-order valence-corrected chi connectivity index (χ0v) is 16.5. The molecule has 0 saturated carbocycles. The molecule has 4 nitrogen and oxygen atoms in total. The van der Waals surface area contributed by atoms with Gasteiger partial charge in [0.1, 0.15) is 6.04 Å². The minimum atomic E-state index is -3.63. The lowest BCUT2D eigenvalue weighted by Crippen LogP contribution is -2.40. The first-order chi connectivity index (χ1) is 12.9. The van der Waals surface area contributed by atoms with E-state index in [1.54, 1.807) is 36.4 Å². The van der Waals surface area contributed by atoms with Crippen molar-refractivity contribution in [3.8, 4) is 0 Å². The highest BCUT2D eigenvalue weighted by atomic mass is 32.2. The van der Waals surface area contributed by atoms with Crippen LogP contribution >= 0.6 is 0 Å². The van der Waals surface area contributed by atoms with Crippen molar-refractivity contribution in [1.82, 2.24) is 4.72 Å². The Morgan fingerprint density at radius 2 is 1.59 bits per heavy atom. The second-order valence-corrected chi connectivity index (χ2v) is 8.12. The zero-order chi connectivity index (χ0) is 19.7. The quantitative estimate of drug-likeness (QED) is 0.389. The molecule has 1 atom stereocenters. The van der Waals surface area contributed by atoms with E-state index in [0.717, 1.165) is 11.1 Å². The molecule has 0 aliphatic rings. The van der Waals surface area contributed by atoms with Crippen LogP contribution < -0.4 is 4.72 Å². The van der Waals surface area contributed by atoms with Crippen molar-refractivity contribution in [3.63, 3.8) is 0 Å². The standard InChI is InChI=1S/C22H27N2O2S/c1-4-15-24(16-5-2)18-21(17-20-9-7-6-8-10-20)23-27(25,26)22-13-11-19(3)12-14-22/h4-14,18,21,23H,1-2,15-17H2,3H3/q+1/t21-/m1/s1. The van der Waals surface area contributed by atoms with Gasteiger partial charge in [0.25, 0.3) is 0 Å². The van der Waals surface area contributed by atoms with E-state index < -0.39 is 16.1 Å². The number of nitrogens with one attached hydrogen (secondary N) is 1. The van der Waals surface area contributed by atoms with Crippen LogP contribution in [-0.4, -0.2) is 38.3 Å². The van der Waals surface area contributed by atoms with Crippen LogP contribution in [0.5, 0.6) is 0 Å². The number of sulfonamides is 1. The molecule has 142 valence electrons. The molecule has 0 bridgehead atoms. The molecule has 0 amide bonds. The summed E-state index contributed by atoms with van der Waals surface area (Å²) in [7, 11) is -3.63. The van der Waals surface area contributed by atoms with Crippen molar-refractivity contribution in [3.05, 3.63) is 91.0 Å². The van der Waals surface area contributed by atoms with E-state index in [1.807, 2.05) is 48.0 Å². The molecule has 0 aliphatic heterocycles. The lowest BCUT2D eigenvalue weighted by Gasteiger charge is -2.15. The first-order valence-corrected chi connectivity index (χ1v) is 10.4. The van der Waals surface area contributed by atoms with Gasteiger partial charge in [-0.15, -0.1) is 0 Å². The second kappa shape index (κ2) is 10.00. The smallest absolute Gasteiger partial charge is 0.231 e. The van der Waals surface area contributed by atoms with Gasteiger partial charge in [0.2, 0.25) is 10.0 Å². The maximum absolute atomic E-state index is 12.9. The Morgan fingerprint density at radius 3 is 2.15 bits per heavy atom. The summed E-state index contributed by atoms with van der Waals surface area (Å²) in [4.78, 5) is 0.263. The van der Waals surface area contributed by atoms with Gasteiger partial charge in [-0.05, 0) is 43.2 Å². The molecule has 0 aromatic heterocycles. The van der Waals surface area contributed by atoms with Gasteiger partial charge in [-0.2, -0.15) is 4.72 Å². The molecule has 0 fully saturated rings. The zero-order valence-electron chi connectivity index (χ0n) is 15.7. The Bertz CT molecular complexity index is 874. The summed E-state index contributed by atoms with van der Waals surface area (Å²) in [6.07, 6.45) is 6.03. The molecule has 2 rings (SSSR count). The number of hydrogen-bond acceptors (Lipinski definition) is 2. The molecule has 0 radical (unpaired) electrons. The maximum Gasteiger partial charge on any atom is 0.241 e. The van der Waals surface area contributed by atoms with Gasteiger partial charge in [-0.1, -0.05) is 61.2 Å². The fourth-order valence-electron chi connectivity index (χ4n) is 2.76. The van der Waals surface area contributed by atoms with Crippen molar-refractivity contribution in [2.24, 2.45) is 0 Å². The van der Waals surface area contributed by atoms with Crippen molar-refractivity contribution in [2.75, 3.05) is 13.1 Å². The number of hydrogen-bond donors (Lipinski definition) is 1. The summed E-state index contributed by atoms with van der Waals surface area (Å²) in [6, 6.07) is 16.3. The number of nitrogens with zero attached hydrogens (tertiary/aromatic N) is 1. The molecule has 0 spiro atoms. The average molecular weight is 384 g/mol. The van der Waals surface area contributed by atoms with Gasteiger partial charge >= 0.3 is 0 Å². The molecule has 0 heterocycles. The van der Waals surface area contributed by atoms with E-state index in [2.05, 4.69) is 17.9 Å². The Balaban J connectivity index is 2.32. The predicted molar refractivity (Wildman–Crippen MR) is 112 cm³/mol. The Hall–Kier alpha value is -2.50. The summed E-state index contributed by atoms with van der Waals surface area (Å²) in [6.45, 7) is 10.7. The molecule has 2 aromatic carbocycles. The fourth-order valence-corrected chi connectivity index (χ4v) is 3.93. The lowest BCUT2D eigenvalue weighted by molar-refractivity contribution is -0.504. The Kier molecular flexibility index (Phi) is 7.70. The highest BCUT2D eigenvalue weighted by Crippen LogP contribution is 2.12. The molecule has 5 heteroatoms. The molecule has 0 saturated heterocycles. The average Bonchev–Trinajstić information content (AvgIpc) is 2.63. The van der Waals surface area contributed by atoms with Crippen molar-refractivity contribution in [2.45, 2.75) is 24.3 Å². The molecule has 1 N–H and O–H groups in total. The van der Waals surface area contributed by atoms with Crippen molar-refractivity contribution < 1.29 is 13.0 Å². The third kappa shape index (κ3) is 6.62. The van der Waals surface area contributed by atoms with Crippen LogP contribution in [0.1, 0.15) is 11.1 Å². The number of aryl methyl sites for hydroxylation is 1. The summed E-state index contributed by atoms with van der Waals surface area (Å²) in [5.74, 6) is 0. The van der Waals surface area contributed by atoms with Gasteiger partial charge in [0.05, 0.1) is 4.90 Å². The topological polar surface area (TPSA) is 49.2 Å². The maximum atomic E-state index is 12.9. The normalized spacial score (nSPS) is 12.2. The van der Waals surface area contributed by atoms with Gasteiger partial charge in [0, 0.05) is 0 Å². The first-order valence-electron chi connectivity index (χ1n) is 8.88. The minimum absolute atomic E-state index is 0.263. The third-order valence-electron chi connectivity index (χ3n) is 4.05. The van der Waals surface area contributed by atoms with Gasteiger partial charge in [-0.3, -0.25) is 0 Å². The van der Waals surface area contributed by atoms with Gasteiger partial charge < -0.3 is 0 Å². The predicted octanol–water partition coefficient (Wildman–Crippen LogP) is 3.34. The van der Waals surface area contributed by atoms with Crippen LogP contribution in [0, 0.1) is 6.92 Å². The highest BCUT2D eigenvalue weighted by Gasteiger charge is 2.22. The van der Waals surface area contributed by atoms with Crippen LogP contribution in [0.15, 0.2) is 84.8 Å². The molecular formula is C22H27N2O2S+. The van der Waals surface area contributed by atoms with E-state index in [0.29, 0.717) is 19.5 Å². The van der Waals surface area contributed by atoms with E-state index in [4.69, 9.17) is 0 Å². The van der Waals surface area contributed by atoms with E-state index in [-0.39, 0.29) is 4.90 Å². The summed E-state index contributed by atoms with van der Waals surface area (Å²) in [5.41, 5.74) is 2.08. The summed E-state index contributed by atoms with van der Waals surface area (Å²) >= 11 is 0. The minimum Gasteiger partial charge on any atom is -0.231 e. The molecule has 0 unspecified atom stereocenters. The van der Waals surface area contributed by atoms with E-state index in [9.17, 15) is 8.42 Å². The second-order valence-electron chi connectivity index (χ2n) is 6.41. The fraction of sp³-hybridized carbons (Fsp3) is 0.227. The number of benzene rings is 2. The summed E-state index contributed by atoms with van der Waals surface area (Å²) in [5, 5.41) is 0. The van der Waals surface area contributed by atoms with Crippen molar-refractivity contribution >= 4 is 16.2 Å². The number of rotatable bonds is 10. The monoisotopic (exact) mass is 383 g/mol. The molecule has 0 aliphatic carbocycles. The van der Waals surface area contributed by atoms with E-state index >= 15 is 0 Å². The molecule has 27 heavy (non-hydrogen) atoms.